The van der Waals surface area contributed by atoms with Crippen LogP contribution in [0.5, 0.6) is 5.75 Å². The van der Waals surface area contributed by atoms with Gasteiger partial charge in [0.25, 0.3) is 0 Å². The highest BCUT2D eigenvalue weighted by Gasteiger charge is 2.45. The second-order valence-electron chi connectivity index (χ2n) is 21.6. The van der Waals surface area contributed by atoms with Crippen LogP contribution in [0.2, 0.25) is 0 Å². The molecule has 16 nitrogen and oxygen atoms in total. The maximum atomic E-state index is 14.3. The summed E-state index contributed by atoms with van der Waals surface area (Å²) in [7, 11) is 0. The van der Waals surface area contributed by atoms with Crippen LogP contribution in [0.25, 0.3) is 32.8 Å². The summed E-state index contributed by atoms with van der Waals surface area (Å²) in [5.41, 5.74) is 13.2. The van der Waals surface area contributed by atoms with E-state index in [-0.39, 0.29) is 42.4 Å². The molecule has 9 rings (SSSR count). The predicted molar refractivity (Wildman–Crippen MR) is 276 cm³/mol. The summed E-state index contributed by atoms with van der Waals surface area (Å²) < 4.78 is 2.02. The first-order chi connectivity index (χ1) is 34.2. The van der Waals surface area contributed by atoms with Crippen molar-refractivity contribution < 1.29 is 24.6 Å². The number of hydrogen-bond donors (Lipinski definition) is 5. The average molecular weight is 986 g/mol. The van der Waals surface area contributed by atoms with Gasteiger partial charge in [-0.05, 0) is 131 Å². The maximum Gasteiger partial charge on any atom is 0.246 e. The van der Waals surface area contributed by atoms with Gasteiger partial charge in [-0.1, -0.05) is 57.2 Å². The number of piperidine rings is 2. The number of para-hydroxylation sites is 1. The molecular weight excluding hydrogens is 915 g/mol. The lowest BCUT2D eigenvalue weighted by molar-refractivity contribution is -0.144. The summed E-state index contributed by atoms with van der Waals surface area (Å²) in [5, 5.41) is 40.3. The van der Waals surface area contributed by atoms with Crippen LogP contribution in [0.3, 0.4) is 0 Å². The van der Waals surface area contributed by atoms with Crippen LogP contribution in [-0.4, -0.2) is 131 Å². The van der Waals surface area contributed by atoms with E-state index in [0.29, 0.717) is 41.5 Å². The van der Waals surface area contributed by atoms with Crippen LogP contribution in [-0.2, 0) is 27.5 Å². The van der Waals surface area contributed by atoms with E-state index in [4.69, 9.17) is 5.73 Å². The minimum atomic E-state index is -0.838. The Hall–Kier alpha value is -5.75. The fourth-order valence-corrected chi connectivity index (χ4v) is 12.1. The standard InChI is InChI=1S/C54H71N11O5S/c1-34-48(71-33-57-34)38-11-9-35(10-12-38)27-56-52(69)46-25-42(66)32-65(46)53(70)49(54(2,3)4)59-51(68)39-13-15-41(16-14-39)63-23-19-36(20-24-63)29-62-21-17-37(18-22-62)30-64-31-40(28-58-64)44-26-45(60-61-50(44)55)43-7-5-6-8-47(43)67/h5-12,26,28,31,33,36-37,39,41-42,46,49,66-67H,13-25,27,29-30,32H2,1-4H3,(H2,55,61)(H,56,69)(H,59,68)/t39?,41?,42-,46+,49-/m1/s1. The number of nitrogens with zero attached hydrogens (tertiary/aromatic N) is 8. The van der Waals surface area contributed by atoms with E-state index in [1.807, 2.05) is 92.7 Å². The second kappa shape index (κ2) is 21.9. The number of β-amino-alcohol motifs (C(OH)–C–C–N with tert-alkyl or cyclic N) is 1. The number of hydrogen-bond acceptors (Lipinski definition) is 13. The fourth-order valence-electron chi connectivity index (χ4n) is 11.3. The number of carbonyl (C=O) groups is 3. The molecule has 71 heavy (non-hydrogen) atoms. The van der Waals surface area contributed by atoms with Gasteiger partial charge >= 0.3 is 0 Å². The Balaban J connectivity index is 0.692. The van der Waals surface area contributed by atoms with Gasteiger partial charge in [-0.15, -0.1) is 21.5 Å². The van der Waals surface area contributed by atoms with E-state index in [1.54, 1.807) is 23.5 Å². The van der Waals surface area contributed by atoms with Gasteiger partial charge in [-0.2, -0.15) is 5.10 Å². The number of aromatic nitrogens is 5. The van der Waals surface area contributed by atoms with Gasteiger partial charge in [0.15, 0.2) is 5.82 Å². The highest BCUT2D eigenvalue weighted by atomic mass is 32.1. The molecule has 0 unspecified atom stereocenters. The Morgan fingerprint density at radius 2 is 1.56 bits per heavy atom. The number of amides is 3. The zero-order valence-electron chi connectivity index (χ0n) is 41.7. The van der Waals surface area contributed by atoms with Crippen LogP contribution in [0, 0.1) is 30.1 Å². The summed E-state index contributed by atoms with van der Waals surface area (Å²) in [5.74, 6) is 0.797. The highest BCUT2D eigenvalue weighted by molar-refractivity contribution is 7.13. The summed E-state index contributed by atoms with van der Waals surface area (Å²) in [6, 6.07) is 15.7. The minimum absolute atomic E-state index is 0.0477. The molecule has 3 saturated heterocycles. The van der Waals surface area contributed by atoms with Crippen molar-refractivity contribution in [3.63, 3.8) is 0 Å². The fraction of sp³-hybridized carbons (Fsp3) is 0.537. The lowest BCUT2D eigenvalue weighted by Gasteiger charge is -2.42. The smallest absolute Gasteiger partial charge is 0.246 e. The number of carbonyl (C=O) groups excluding carboxylic acids is 3. The molecule has 4 fully saturated rings. The number of anilines is 1. The van der Waals surface area contributed by atoms with E-state index >= 15 is 0 Å². The monoisotopic (exact) mass is 986 g/mol. The number of aliphatic hydroxyl groups is 1. The molecule has 0 radical (unpaired) electrons. The highest BCUT2D eigenvalue weighted by Crippen LogP contribution is 2.35. The molecule has 3 aromatic heterocycles. The Morgan fingerprint density at radius 3 is 2.25 bits per heavy atom. The first kappa shape index (κ1) is 50.2. The molecule has 17 heteroatoms. The summed E-state index contributed by atoms with van der Waals surface area (Å²) >= 11 is 1.59. The van der Waals surface area contributed by atoms with E-state index < -0.39 is 23.6 Å². The van der Waals surface area contributed by atoms with Crippen molar-refractivity contribution in [3.05, 3.63) is 83.8 Å². The normalized spacial score (nSPS) is 22.4. The molecule has 3 amide bonds. The molecule has 6 N–H and O–H groups in total. The SMILES string of the molecule is Cc1ncsc1-c1ccc(CNC(=O)[C@@H]2C[C@@H](O)CN2C(=O)[C@@H](NC(=O)C2CCC(N3CCC(CN4CCC(Cn5cc(-c6cc(-c7ccccc7O)nnc6N)cn5)CC4)CC3)CC2)C(C)(C)C)cc1. The summed E-state index contributed by atoms with van der Waals surface area (Å²) in [6.45, 7) is 14.5. The molecule has 3 aliphatic heterocycles. The quantitative estimate of drug-likeness (QED) is 0.0807. The van der Waals surface area contributed by atoms with Crippen molar-refractivity contribution in [2.45, 2.75) is 123 Å². The third-order valence-corrected chi connectivity index (χ3v) is 16.5. The number of nitrogens with two attached hydrogens (primary N) is 1. The number of benzene rings is 2. The number of nitrogen functional groups attached to an aromatic ring is 1. The van der Waals surface area contributed by atoms with Gasteiger partial charge in [0.1, 0.15) is 17.8 Å². The van der Waals surface area contributed by atoms with Gasteiger partial charge in [0.05, 0.1) is 34.1 Å². The predicted octanol–water partition coefficient (Wildman–Crippen LogP) is 6.52. The molecule has 378 valence electrons. The molecule has 0 bridgehead atoms. The van der Waals surface area contributed by atoms with Crippen molar-refractivity contribution in [1.82, 2.24) is 50.3 Å². The molecule has 4 aliphatic rings. The van der Waals surface area contributed by atoms with Crippen LogP contribution >= 0.6 is 11.3 Å². The average Bonchev–Trinajstić information content (AvgIpc) is 4.13. The molecule has 1 saturated carbocycles. The Morgan fingerprint density at radius 1 is 0.859 bits per heavy atom. The zero-order valence-corrected chi connectivity index (χ0v) is 42.5. The van der Waals surface area contributed by atoms with Crippen molar-refractivity contribution >= 4 is 34.9 Å². The van der Waals surface area contributed by atoms with E-state index in [9.17, 15) is 24.6 Å². The topological polar surface area (TPSA) is 208 Å². The van der Waals surface area contributed by atoms with Gasteiger partial charge in [-0.3, -0.25) is 19.1 Å². The Bertz CT molecular complexity index is 2620. The summed E-state index contributed by atoms with van der Waals surface area (Å²) in [6.07, 6.45) is 11.3. The van der Waals surface area contributed by atoms with E-state index in [1.165, 1.54) is 17.7 Å². The number of aromatic hydroxyl groups is 1. The molecule has 6 heterocycles. The molecule has 5 aromatic rings. The van der Waals surface area contributed by atoms with E-state index in [0.717, 1.165) is 111 Å². The Labute approximate surface area is 421 Å². The van der Waals surface area contributed by atoms with Crippen LogP contribution < -0.4 is 16.4 Å². The molecule has 1 aliphatic carbocycles. The van der Waals surface area contributed by atoms with Crippen LogP contribution in [0.1, 0.15) is 89.8 Å². The van der Waals surface area contributed by atoms with Crippen LogP contribution in [0.15, 0.2) is 72.5 Å². The lowest BCUT2D eigenvalue weighted by atomic mass is 9.81. The number of phenols is 1. The van der Waals surface area contributed by atoms with Crippen molar-refractivity contribution in [3.8, 4) is 38.6 Å². The number of likely N-dealkylation sites (tertiary alicyclic amines) is 3. The first-order valence-corrected chi connectivity index (χ1v) is 26.5. The molecule has 3 atom stereocenters. The van der Waals surface area contributed by atoms with E-state index in [2.05, 4.69) is 40.7 Å². The van der Waals surface area contributed by atoms with Gasteiger partial charge in [-0.25, -0.2) is 4.98 Å². The zero-order chi connectivity index (χ0) is 49.8. The van der Waals surface area contributed by atoms with Gasteiger partial charge in [0.2, 0.25) is 17.7 Å². The molecule has 2 aromatic carbocycles. The molecular formula is C54H71N11O5S. The third kappa shape index (κ3) is 12.0. The Kier molecular flexibility index (Phi) is 15.5. The number of aryl methyl sites for hydroxylation is 1. The van der Waals surface area contributed by atoms with Gasteiger partial charge < -0.3 is 41.3 Å². The third-order valence-electron chi connectivity index (χ3n) is 15.5. The van der Waals surface area contributed by atoms with Crippen LogP contribution in [0.4, 0.5) is 5.82 Å². The van der Waals surface area contributed by atoms with Crippen molar-refractivity contribution in [2.75, 3.05) is 45.0 Å². The second-order valence-corrected chi connectivity index (χ2v) is 22.5. The first-order valence-electron chi connectivity index (χ1n) is 25.6. The minimum Gasteiger partial charge on any atom is -0.507 e. The van der Waals surface area contributed by atoms with Crippen molar-refractivity contribution in [2.24, 2.45) is 23.2 Å². The lowest BCUT2D eigenvalue weighted by Crippen LogP contribution is -2.58. The molecule has 0 spiro atoms. The number of aliphatic hydroxyl groups excluding tert-OH is 1. The number of rotatable bonds is 14. The maximum absolute atomic E-state index is 14.3. The van der Waals surface area contributed by atoms with Gasteiger partial charge in [0, 0.05) is 67.4 Å². The van der Waals surface area contributed by atoms with Crippen molar-refractivity contribution in [1.29, 1.82) is 0 Å². The number of thiazole rings is 1. The summed E-state index contributed by atoms with van der Waals surface area (Å²) in [4.78, 5) is 54.1. The number of nitrogens with one attached hydrogen (secondary N) is 2. The number of phenolic OH excluding ortho intramolecular Hbond substituents is 1. The largest absolute Gasteiger partial charge is 0.507 e.